The molecule has 6 nitrogen and oxygen atoms in total. The molecular formula is C3H13NO5S. The molecule has 0 spiro atoms. The van der Waals surface area contributed by atoms with Crippen LogP contribution in [0.2, 0.25) is 0 Å². The lowest BCUT2D eigenvalue weighted by atomic mass is 10.5. The third-order valence-electron chi connectivity index (χ3n) is 0. The van der Waals surface area contributed by atoms with Gasteiger partial charge in [-0.3, -0.25) is 9.11 Å². The quantitative estimate of drug-likeness (QED) is 0.380. The largest absolute Gasteiger partial charge is 0.394 e. The first-order valence-corrected chi connectivity index (χ1v) is 3.51. The van der Waals surface area contributed by atoms with Crippen molar-refractivity contribution in [3.05, 3.63) is 0 Å². The second-order valence-electron chi connectivity index (χ2n) is 1.54. The molecule has 6 N–H and O–H groups in total. The van der Waals surface area contributed by atoms with Crippen LogP contribution in [0.3, 0.4) is 0 Å². The van der Waals surface area contributed by atoms with Crippen molar-refractivity contribution in [2.75, 3.05) is 0 Å². The van der Waals surface area contributed by atoms with Crippen molar-refractivity contribution < 1.29 is 22.6 Å². The van der Waals surface area contributed by atoms with Gasteiger partial charge in [0.2, 0.25) is 0 Å². The lowest BCUT2D eigenvalue weighted by Crippen LogP contribution is -1.89. The van der Waals surface area contributed by atoms with Crippen LogP contribution in [0.5, 0.6) is 0 Å². The number of rotatable bonds is 0. The lowest BCUT2D eigenvalue weighted by molar-refractivity contribution is 0.216. The molecule has 0 aromatic rings. The van der Waals surface area contributed by atoms with Gasteiger partial charge in [0, 0.05) is 6.10 Å². The molecule has 0 saturated heterocycles. The van der Waals surface area contributed by atoms with Crippen molar-refractivity contribution >= 4 is 10.4 Å². The fourth-order valence-corrected chi connectivity index (χ4v) is 0. The standard InChI is InChI=1S/C3H8O.H3N.H2O4S/c1-3(2)4;;1-5(2,3)4/h3-4H,1-2H3;1H3;(H2,1,2,3,4). The third-order valence-corrected chi connectivity index (χ3v) is 0. The monoisotopic (exact) mass is 175 g/mol. The highest BCUT2D eigenvalue weighted by atomic mass is 32.3. The highest BCUT2D eigenvalue weighted by molar-refractivity contribution is 7.79. The zero-order valence-electron chi connectivity index (χ0n) is 5.85. The Kier molecular flexibility index (Phi) is 11.3. The molecule has 0 aromatic carbocycles. The fourth-order valence-electron chi connectivity index (χ4n) is 0. The van der Waals surface area contributed by atoms with Gasteiger partial charge in [-0.2, -0.15) is 8.42 Å². The van der Waals surface area contributed by atoms with E-state index in [2.05, 4.69) is 0 Å². The van der Waals surface area contributed by atoms with Gasteiger partial charge in [0.1, 0.15) is 0 Å². The van der Waals surface area contributed by atoms with Gasteiger partial charge in [-0.25, -0.2) is 0 Å². The van der Waals surface area contributed by atoms with E-state index < -0.39 is 10.4 Å². The van der Waals surface area contributed by atoms with E-state index in [0.29, 0.717) is 0 Å². The Morgan fingerprint density at radius 3 is 1.20 bits per heavy atom. The van der Waals surface area contributed by atoms with Gasteiger partial charge < -0.3 is 11.3 Å². The SMILES string of the molecule is CC(C)O.N.O=S(=O)(O)O. The van der Waals surface area contributed by atoms with Crippen LogP contribution in [0.1, 0.15) is 13.8 Å². The second kappa shape index (κ2) is 6.90. The molecule has 66 valence electrons. The number of hydrogen-bond donors (Lipinski definition) is 4. The van der Waals surface area contributed by atoms with Crippen molar-refractivity contribution in [3.63, 3.8) is 0 Å². The molecule has 0 saturated carbocycles. The molecule has 7 heteroatoms. The summed E-state index contributed by atoms with van der Waals surface area (Å²) in [5.74, 6) is 0. The van der Waals surface area contributed by atoms with E-state index >= 15 is 0 Å². The summed E-state index contributed by atoms with van der Waals surface area (Å²) >= 11 is 0. The van der Waals surface area contributed by atoms with Crippen molar-refractivity contribution in [1.29, 1.82) is 0 Å². The van der Waals surface area contributed by atoms with Gasteiger partial charge in [-0.15, -0.1) is 0 Å². The van der Waals surface area contributed by atoms with Crippen LogP contribution in [0.15, 0.2) is 0 Å². The Bertz CT molecular complexity index is 128. The first-order valence-electron chi connectivity index (χ1n) is 2.11. The van der Waals surface area contributed by atoms with Crippen molar-refractivity contribution in [2.45, 2.75) is 20.0 Å². The highest BCUT2D eigenvalue weighted by Gasteiger charge is 1.84. The number of aliphatic hydroxyl groups excluding tert-OH is 1. The summed E-state index contributed by atoms with van der Waals surface area (Å²) in [4.78, 5) is 0. The second-order valence-corrected chi connectivity index (χ2v) is 2.44. The van der Waals surface area contributed by atoms with E-state index in [9.17, 15) is 0 Å². The van der Waals surface area contributed by atoms with E-state index in [0.717, 1.165) is 0 Å². The molecular weight excluding hydrogens is 162 g/mol. The predicted molar refractivity (Wildman–Crippen MR) is 36.6 cm³/mol. The van der Waals surface area contributed by atoms with Gasteiger partial charge in [0.05, 0.1) is 0 Å². The Hall–Kier alpha value is -0.210. The highest BCUT2D eigenvalue weighted by Crippen LogP contribution is 1.65. The van der Waals surface area contributed by atoms with E-state index in [1.807, 2.05) is 0 Å². The summed E-state index contributed by atoms with van der Waals surface area (Å²) in [6.45, 7) is 3.44. The van der Waals surface area contributed by atoms with Crippen LogP contribution >= 0.6 is 0 Å². The minimum Gasteiger partial charge on any atom is -0.394 e. The molecule has 0 heterocycles. The molecule has 0 aromatic heterocycles. The molecule has 0 aliphatic rings. The average Bonchev–Trinajstić information content (AvgIpc) is 1.19. The summed E-state index contributed by atoms with van der Waals surface area (Å²) in [5.41, 5.74) is 0. The molecule has 0 aliphatic heterocycles. The maximum atomic E-state index is 8.74. The number of hydrogen-bond acceptors (Lipinski definition) is 4. The van der Waals surface area contributed by atoms with E-state index in [1.54, 1.807) is 13.8 Å². The first-order chi connectivity index (χ1) is 3.73. The smallest absolute Gasteiger partial charge is 0.394 e. The maximum Gasteiger partial charge on any atom is 0.394 e. The van der Waals surface area contributed by atoms with E-state index in [1.165, 1.54) is 0 Å². The molecule has 0 atom stereocenters. The van der Waals surface area contributed by atoms with Crippen LogP contribution in [0.4, 0.5) is 0 Å². The summed E-state index contributed by atoms with van der Waals surface area (Å²) < 4.78 is 31.6. The maximum absolute atomic E-state index is 8.74. The van der Waals surface area contributed by atoms with Gasteiger partial charge in [0.15, 0.2) is 0 Å². The molecule has 0 rings (SSSR count). The summed E-state index contributed by atoms with van der Waals surface area (Å²) in [6.07, 6.45) is -0.167. The molecule has 0 aliphatic carbocycles. The van der Waals surface area contributed by atoms with Crippen molar-refractivity contribution in [3.8, 4) is 0 Å². The molecule has 0 amide bonds. The Morgan fingerprint density at radius 1 is 1.20 bits per heavy atom. The number of aliphatic hydroxyl groups is 1. The van der Waals surface area contributed by atoms with Gasteiger partial charge in [-0.1, -0.05) is 0 Å². The summed E-state index contributed by atoms with van der Waals surface area (Å²) in [5, 5.41) is 8.06. The van der Waals surface area contributed by atoms with Gasteiger partial charge >= 0.3 is 10.4 Å². The molecule has 0 fully saturated rings. The van der Waals surface area contributed by atoms with Crippen LogP contribution in [0, 0.1) is 0 Å². The molecule has 0 radical (unpaired) electrons. The average molecular weight is 175 g/mol. The first kappa shape index (κ1) is 16.4. The van der Waals surface area contributed by atoms with Crippen LogP contribution in [0.25, 0.3) is 0 Å². The van der Waals surface area contributed by atoms with Crippen molar-refractivity contribution in [2.24, 2.45) is 0 Å². The molecule has 10 heavy (non-hydrogen) atoms. The minimum absolute atomic E-state index is 0. The van der Waals surface area contributed by atoms with Crippen LogP contribution < -0.4 is 6.15 Å². The Labute approximate surface area is 60.0 Å². The summed E-state index contributed by atoms with van der Waals surface area (Å²) in [6, 6.07) is 0. The van der Waals surface area contributed by atoms with E-state index in [-0.39, 0.29) is 12.3 Å². The Morgan fingerprint density at radius 2 is 1.20 bits per heavy atom. The van der Waals surface area contributed by atoms with E-state index in [4.69, 9.17) is 22.6 Å². The summed E-state index contributed by atoms with van der Waals surface area (Å²) in [7, 11) is -4.67. The zero-order valence-corrected chi connectivity index (χ0v) is 6.67. The topological polar surface area (TPSA) is 130 Å². The minimum atomic E-state index is -4.67. The zero-order chi connectivity index (χ0) is 8.08. The van der Waals surface area contributed by atoms with Crippen molar-refractivity contribution in [1.82, 2.24) is 6.15 Å². The van der Waals surface area contributed by atoms with Crippen LogP contribution in [-0.2, 0) is 10.4 Å². The lowest BCUT2D eigenvalue weighted by Gasteiger charge is -1.80. The predicted octanol–water partition coefficient (Wildman–Crippen LogP) is -0.104. The van der Waals surface area contributed by atoms with Crippen LogP contribution in [-0.4, -0.2) is 28.7 Å². The van der Waals surface area contributed by atoms with Gasteiger partial charge in [-0.05, 0) is 13.8 Å². The molecule has 0 unspecified atom stereocenters. The fraction of sp³-hybridized carbons (Fsp3) is 1.00. The molecule has 0 bridgehead atoms. The van der Waals surface area contributed by atoms with Gasteiger partial charge in [0.25, 0.3) is 0 Å². The third kappa shape index (κ3) is 8140. The normalized spacial score (nSPS) is 9.40. The Balaban J connectivity index is -0.0000000910.